The largest absolute Gasteiger partial charge is 0.376 e. The highest BCUT2D eigenvalue weighted by Crippen LogP contribution is 2.38. The van der Waals surface area contributed by atoms with Crippen LogP contribution in [0.1, 0.15) is 55.1 Å². The van der Waals surface area contributed by atoms with Crippen molar-refractivity contribution < 1.29 is 19.1 Å². The van der Waals surface area contributed by atoms with Gasteiger partial charge in [-0.25, -0.2) is 4.79 Å². The molecule has 0 radical (unpaired) electrons. The third-order valence-corrected chi connectivity index (χ3v) is 7.88. The van der Waals surface area contributed by atoms with E-state index in [-0.39, 0.29) is 29.9 Å². The number of nitrogens with one attached hydrogen (secondary N) is 1. The highest BCUT2D eigenvalue weighted by molar-refractivity contribution is 7.12. The number of rotatable bonds is 6. The van der Waals surface area contributed by atoms with Gasteiger partial charge in [0.25, 0.3) is 11.8 Å². The third-order valence-electron chi connectivity index (χ3n) is 6.55. The zero-order chi connectivity index (χ0) is 21.3. The molecular formula is C21H28ClN3O4S. The summed E-state index contributed by atoms with van der Waals surface area (Å²) in [4.78, 5) is 42.7. The van der Waals surface area contributed by atoms with E-state index in [1.165, 1.54) is 16.2 Å². The lowest BCUT2D eigenvalue weighted by molar-refractivity contribution is -0.135. The van der Waals surface area contributed by atoms with Crippen LogP contribution in [0.25, 0.3) is 0 Å². The van der Waals surface area contributed by atoms with Crippen LogP contribution in [0.4, 0.5) is 4.79 Å². The number of piperidine rings is 1. The highest BCUT2D eigenvalue weighted by atomic mass is 35.5. The number of halogens is 1. The Morgan fingerprint density at radius 2 is 2.10 bits per heavy atom. The minimum absolute atomic E-state index is 0.00579. The van der Waals surface area contributed by atoms with Gasteiger partial charge >= 0.3 is 6.03 Å². The Labute approximate surface area is 185 Å². The number of imide groups is 1. The van der Waals surface area contributed by atoms with Gasteiger partial charge in [0.15, 0.2) is 0 Å². The highest BCUT2D eigenvalue weighted by Gasteiger charge is 2.55. The van der Waals surface area contributed by atoms with Crippen LogP contribution >= 0.6 is 22.9 Å². The summed E-state index contributed by atoms with van der Waals surface area (Å²) < 4.78 is 5.64. The van der Waals surface area contributed by atoms with E-state index < -0.39 is 5.54 Å². The molecule has 3 saturated heterocycles. The number of hydrogen-bond acceptors (Lipinski definition) is 5. The number of likely N-dealkylation sites (tertiary alicyclic amines) is 1. The standard InChI is InChI=1S/C21H28ClN3O4S/c1-2-8-21(19(27)25(20(28)23-21)13-15-4-3-11-29-15)14-5-9-24(10-6-14)18(26)17-16(22)7-12-30-17/h7,12,14-15H,2-6,8-11,13H2,1H3,(H,23,28)/t15-,21-/m1/s1. The molecule has 2 atom stereocenters. The first-order valence-corrected chi connectivity index (χ1v) is 12.0. The van der Waals surface area contributed by atoms with E-state index in [0.29, 0.717) is 55.4 Å². The summed E-state index contributed by atoms with van der Waals surface area (Å²) in [5, 5.41) is 5.35. The van der Waals surface area contributed by atoms with Crippen molar-refractivity contribution in [3.8, 4) is 0 Å². The summed E-state index contributed by atoms with van der Waals surface area (Å²) in [6.45, 7) is 4.15. The predicted molar refractivity (Wildman–Crippen MR) is 115 cm³/mol. The summed E-state index contributed by atoms with van der Waals surface area (Å²) in [5.41, 5.74) is -0.875. The lowest BCUT2D eigenvalue weighted by Crippen LogP contribution is -2.56. The van der Waals surface area contributed by atoms with Crippen LogP contribution < -0.4 is 5.32 Å². The molecule has 0 unspecified atom stereocenters. The molecule has 4 amide bonds. The van der Waals surface area contributed by atoms with Gasteiger partial charge in [0, 0.05) is 19.7 Å². The minimum atomic E-state index is -0.875. The van der Waals surface area contributed by atoms with Crippen molar-refractivity contribution in [3.05, 3.63) is 21.3 Å². The molecule has 164 valence electrons. The predicted octanol–water partition coefficient (Wildman–Crippen LogP) is 3.52. The number of ether oxygens (including phenoxy) is 1. The zero-order valence-electron chi connectivity index (χ0n) is 17.2. The molecule has 3 aliphatic heterocycles. The Kier molecular flexibility index (Phi) is 6.36. The molecule has 3 aliphatic rings. The van der Waals surface area contributed by atoms with E-state index in [4.69, 9.17) is 16.3 Å². The van der Waals surface area contributed by atoms with Crippen LogP contribution in [0.5, 0.6) is 0 Å². The van der Waals surface area contributed by atoms with Crippen LogP contribution in [0.2, 0.25) is 5.02 Å². The van der Waals surface area contributed by atoms with Gasteiger partial charge in [-0.15, -0.1) is 11.3 Å². The van der Waals surface area contributed by atoms with E-state index in [1.54, 1.807) is 11.0 Å². The first kappa shape index (κ1) is 21.6. The summed E-state index contributed by atoms with van der Waals surface area (Å²) in [5.74, 6) is -0.179. The van der Waals surface area contributed by atoms with Crippen LogP contribution in [0, 0.1) is 5.92 Å². The average Bonchev–Trinajstić information content (AvgIpc) is 3.46. The number of carbonyl (C=O) groups is 3. The fourth-order valence-electron chi connectivity index (χ4n) is 5.01. The second-order valence-corrected chi connectivity index (χ2v) is 9.69. The SMILES string of the molecule is CCC[C@]1(C2CCN(C(=O)c3sccc3Cl)CC2)NC(=O)N(C[C@H]2CCCO2)C1=O. The molecule has 4 heterocycles. The second-order valence-electron chi connectivity index (χ2n) is 8.37. The molecule has 1 aromatic heterocycles. The van der Waals surface area contributed by atoms with Gasteiger partial charge in [0.05, 0.1) is 17.7 Å². The van der Waals surface area contributed by atoms with E-state index >= 15 is 0 Å². The number of nitrogens with zero attached hydrogens (tertiary/aromatic N) is 2. The molecule has 0 spiro atoms. The Hall–Kier alpha value is -1.64. The molecule has 0 saturated carbocycles. The molecule has 7 nitrogen and oxygen atoms in total. The third kappa shape index (κ3) is 3.85. The van der Waals surface area contributed by atoms with Crippen LogP contribution in [-0.2, 0) is 9.53 Å². The first-order valence-electron chi connectivity index (χ1n) is 10.7. The molecule has 30 heavy (non-hydrogen) atoms. The molecule has 0 bridgehead atoms. The van der Waals surface area contributed by atoms with Crippen molar-refractivity contribution in [3.63, 3.8) is 0 Å². The summed E-state index contributed by atoms with van der Waals surface area (Å²) in [6.07, 6.45) is 4.53. The first-order chi connectivity index (χ1) is 14.5. The fourth-order valence-corrected chi connectivity index (χ4v) is 6.12. The number of hydrogen-bond donors (Lipinski definition) is 1. The van der Waals surface area contributed by atoms with Gasteiger partial charge in [-0.1, -0.05) is 24.9 Å². The number of carbonyl (C=O) groups excluding carboxylic acids is 3. The van der Waals surface area contributed by atoms with Crippen molar-refractivity contribution in [2.45, 2.75) is 57.1 Å². The van der Waals surface area contributed by atoms with Gasteiger partial charge in [0.2, 0.25) is 0 Å². The monoisotopic (exact) mass is 453 g/mol. The maximum Gasteiger partial charge on any atom is 0.325 e. The normalized spacial score (nSPS) is 27.7. The molecule has 4 rings (SSSR count). The molecule has 1 aromatic rings. The summed E-state index contributed by atoms with van der Waals surface area (Å²) in [7, 11) is 0. The van der Waals surface area contributed by atoms with E-state index in [2.05, 4.69) is 5.32 Å². The van der Waals surface area contributed by atoms with Crippen molar-refractivity contribution >= 4 is 40.8 Å². The van der Waals surface area contributed by atoms with Crippen LogP contribution in [-0.4, -0.2) is 65.5 Å². The molecule has 1 N–H and O–H groups in total. The van der Waals surface area contributed by atoms with Crippen molar-refractivity contribution in [2.24, 2.45) is 5.92 Å². The second kappa shape index (κ2) is 8.85. The molecular weight excluding hydrogens is 426 g/mol. The fraction of sp³-hybridized carbons (Fsp3) is 0.667. The van der Waals surface area contributed by atoms with Gasteiger partial charge < -0.3 is 15.0 Å². The summed E-state index contributed by atoms with van der Waals surface area (Å²) >= 11 is 7.47. The lowest BCUT2D eigenvalue weighted by Gasteiger charge is -2.41. The topological polar surface area (TPSA) is 79.0 Å². The Bertz CT molecular complexity index is 817. The van der Waals surface area contributed by atoms with Crippen LogP contribution in [0.15, 0.2) is 11.4 Å². The Balaban J connectivity index is 1.45. The Morgan fingerprint density at radius 1 is 1.33 bits per heavy atom. The quantitative estimate of drug-likeness (QED) is 0.668. The van der Waals surface area contributed by atoms with Crippen molar-refractivity contribution in [1.82, 2.24) is 15.1 Å². The minimum Gasteiger partial charge on any atom is -0.376 e. The molecule has 9 heteroatoms. The molecule has 3 fully saturated rings. The van der Waals surface area contributed by atoms with Crippen molar-refractivity contribution in [2.75, 3.05) is 26.2 Å². The van der Waals surface area contributed by atoms with E-state index in [0.717, 1.165) is 19.3 Å². The van der Waals surface area contributed by atoms with Gasteiger partial charge in [0.1, 0.15) is 10.4 Å². The maximum atomic E-state index is 13.5. The zero-order valence-corrected chi connectivity index (χ0v) is 18.8. The average molecular weight is 454 g/mol. The molecule has 0 aromatic carbocycles. The molecule has 0 aliphatic carbocycles. The lowest BCUT2D eigenvalue weighted by atomic mass is 9.74. The smallest absolute Gasteiger partial charge is 0.325 e. The number of amides is 4. The van der Waals surface area contributed by atoms with Crippen molar-refractivity contribution in [1.29, 1.82) is 0 Å². The van der Waals surface area contributed by atoms with Gasteiger partial charge in [-0.2, -0.15) is 0 Å². The van der Waals surface area contributed by atoms with Gasteiger partial charge in [-0.3, -0.25) is 14.5 Å². The van der Waals surface area contributed by atoms with E-state index in [1.807, 2.05) is 12.3 Å². The van der Waals surface area contributed by atoms with E-state index in [9.17, 15) is 14.4 Å². The Morgan fingerprint density at radius 3 is 2.70 bits per heavy atom. The van der Waals surface area contributed by atoms with Gasteiger partial charge in [-0.05, 0) is 49.5 Å². The maximum absolute atomic E-state index is 13.5. The number of urea groups is 1. The summed E-state index contributed by atoms with van der Waals surface area (Å²) in [6, 6.07) is 1.42. The van der Waals surface area contributed by atoms with Crippen LogP contribution in [0.3, 0.4) is 0 Å². The number of thiophene rings is 1.